The number of benzene rings is 1. The molecule has 1 aliphatic rings. The number of aromatic nitrogens is 2. The highest BCUT2D eigenvalue weighted by atomic mass is 32.2. The van der Waals surface area contributed by atoms with Crippen LogP contribution in [0.25, 0.3) is 10.2 Å². The number of thioether (sulfide) groups is 1. The zero-order chi connectivity index (χ0) is 18.1. The zero-order valence-corrected chi connectivity index (χ0v) is 16.6. The molecule has 4 rings (SSSR count). The van der Waals surface area contributed by atoms with Crippen molar-refractivity contribution in [3.8, 4) is 5.75 Å². The molecule has 136 valence electrons. The maximum Gasteiger partial charge on any atom is 0.128 e. The molecule has 3 aromatic rings. The van der Waals surface area contributed by atoms with Gasteiger partial charge in [0.15, 0.2) is 0 Å². The van der Waals surface area contributed by atoms with Gasteiger partial charge in [0.2, 0.25) is 0 Å². The summed E-state index contributed by atoms with van der Waals surface area (Å²) >= 11 is 3.41. The van der Waals surface area contributed by atoms with Gasteiger partial charge in [-0.2, -0.15) is 0 Å². The molecular formula is C20H22N2O2S2. The van der Waals surface area contributed by atoms with Gasteiger partial charge in [0.05, 0.1) is 6.10 Å². The maximum atomic E-state index is 10.3. The second-order valence-electron chi connectivity index (χ2n) is 6.71. The van der Waals surface area contributed by atoms with Crippen LogP contribution in [0.4, 0.5) is 0 Å². The maximum absolute atomic E-state index is 10.3. The molecule has 0 saturated carbocycles. The molecule has 1 N–H and O–H groups in total. The van der Waals surface area contributed by atoms with Gasteiger partial charge >= 0.3 is 0 Å². The largest absolute Gasteiger partial charge is 0.491 e. The quantitative estimate of drug-likeness (QED) is 0.505. The summed E-state index contributed by atoms with van der Waals surface area (Å²) in [7, 11) is 0. The molecule has 1 aliphatic carbocycles. The van der Waals surface area contributed by atoms with Gasteiger partial charge in [-0.3, -0.25) is 0 Å². The molecule has 0 aliphatic heterocycles. The van der Waals surface area contributed by atoms with Crippen LogP contribution in [0.5, 0.6) is 5.75 Å². The highest BCUT2D eigenvalue weighted by Gasteiger charge is 2.22. The van der Waals surface area contributed by atoms with E-state index in [1.54, 1.807) is 23.1 Å². The average molecular weight is 387 g/mol. The first-order valence-corrected chi connectivity index (χ1v) is 10.7. The first-order chi connectivity index (χ1) is 12.6. The molecule has 4 nitrogen and oxygen atoms in total. The predicted molar refractivity (Wildman–Crippen MR) is 108 cm³/mol. The lowest BCUT2D eigenvalue weighted by molar-refractivity contribution is 0.126. The smallest absolute Gasteiger partial charge is 0.128 e. The number of ether oxygens (including phenoxy) is 1. The van der Waals surface area contributed by atoms with Gasteiger partial charge in [0.1, 0.15) is 28.0 Å². The van der Waals surface area contributed by atoms with Gasteiger partial charge < -0.3 is 9.84 Å². The summed E-state index contributed by atoms with van der Waals surface area (Å²) in [6.07, 6.45) is 2.96. The zero-order valence-electron chi connectivity index (χ0n) is 15.0. The summed E-state index contributed by atoms with van der Waals surface area (Å²) in [5.74, 6) is 2.15. The van der Waals surface area contributed by atoms with Crippen LogP contribution in [-0.4, -0.2) is 33.5 Å². The van der Waals surface area contributed by atoms with Crippen LogP contribution in [0.3, 0.4) is 0 Å². The summed E-state index contributed by atoms with van der Waals surface area (Å²) in [5, 5.41) is 12.6. The Kier molecular flexibility index (Phi) is 5.16. The summed E-state index contributed by atoms with van der Waals surface area (Å²) in [6, 6.07) is 7.88. The van der Waals surface area contributed by atoms with Crippen LogP contribution in [0.2, 0.25) is 0 Å². The van der Waals surface area contributed by atoms with E-state index >= 15 is 0 Å². The van der Waals surface area contributed by atoms with E-state index in [0.717, 1.165) is 39.8 Å². The van der Waals surface area contributed by atoms with Gasteiger partial charge in [-0.15, -0.1) is 23.1 Å². The second kappa shape index (κ2) is 7.55. The molecule has 26 heavy (non-hydrogen) atoms. The van der Waals surface area contributed by atoms with Crippen LogP contribution in [0.1, 0.15) is 28.2 Å². The molecule has 0 fully saturated rings. The van der Waals surface area contributed by atoms with Crippen molar-refractivity contribution in [1.82, 2.24) is 9.97 Å². The number of aryl methyl sites for hydroxylation is 4. The van der Waals surface area contributed by atoms with Crippen LogP contribution < -0.4 is 4.74 Å². The summed E-state index contributed by atoms with van der Waals surface area (Å²) in [4.78, 5) is 11.8. The minimum Gasteiger partial charge on any atom is -0.491 e. The van der Waals surface area contributed by atoms with Gasteiger partial charge in [0.25, 0.3) is 0 Å². The highest BCUT2D eigenvalue weighted by molar-refractivity contribution is 7.99. The topological polar surface area (TPSA) is 55.2 Å². The van der Waals surface area contributed by atoms with E-state index in [9.17, 15) is 5.11 Å². The van der Waals surface area contributed by atoms with Gasteiger partial charge in [-0.1, -0.05) is 12.1 Å². The van der Waals surface area contributed by atoms with E-state index in [1.807, 2.05) is 38.1 Å². The van der Waals surface area contributed by atoms with E-state index in [0.29, 0.717) is 5.75 Å². The molecule has 0 amide bonds. The Morgan fingerprint density at radius 1 is 1.27 bits per heavy atom. The monoisotopic (exact) mass is 386 g/mol. The number of thiophene rings is 1. The fraction of sp³-hybridized carbons (Fsp3) is 0.400. The number of hydrogen-bond acceptors (Lipinski definition) is 6. The van der Waals surface area contributed by atoms with Crippen molar-refractivity contribution in [2.75, 3.05) is 12.4 Å². The third-order valence-electron chi connectivity index (χ3n) is 4.49. The molecule has 2 aromatic heterocycles. The van der Waals surface area contributed by atoms with Crippen molar-refractivity contribution in [2.45, 2.75) is 44.2 Å². The molecule has 2 heterocycles. The lowest BCUT2D eigenvalue weighted by Crippen LogP contribution is -2.20. The first kappa shape index (κ1) is 17.8. The van der Waals surface area contributed by atoms with E-state index in [-0.39, 0.29) is 6.61 Å². The SMILES string of the molecule is Cc1cccc(OC[C@H](O)CSc2nc(C)nc3sc4c(c23)CCC4)c1. The van der Waals surface area contributed by atoms with Crippen LogP contribution in [0, 0.1) is 13.8 Å². The number of fused-ring (bicyclic) bond motifs is 3. The lowest BCUT2D eigenvalue weighted by Gasteiger charge is -2.13. The third-order valence-corrected chi connectivity index (χ3v) is 6.79. The normalized spacial score (nSPS) is 14.6. The standard InChI is InChI=1S/C20H22N2O2S2/c1-12-5-3-6-15(9-12)24-10-14(23)11-25-19-18-16-7-4-8-17(16)26-20(18)22-13(2)21-19/h3,5-6,9,14,23H,4,7-8,10-11H2,1-2H3/t14-/m0/s1. The Morgan fingerprint density at radius 3 is 3.00 bits per heavy atom. The molecule has 0 unspecified atom stereocenters. The summed E-state index contributed by atoms with van der Waals surface area (Å²) in [5.41, 5.74) is 2.58. The third kappa shape index (κ3) is 3.72. The van der Waals surface area contributed by atoms with Gasteiger partial charge in [-0.25, -0.2) is 9.97 Å². The molecule has 1 atom stereocenters. The minimum atomic E-state index is -0.544. The number of aliphatic hydroxyl groups excluding tert-OH is 1. The predicted octanol–water partition coefficient (Wildman–Crippen LogP) is 4.33. The van der Waals surface area contributed by atoms with Crippen molar-refractivity contribution in [1.29, 1.82) is 0 Å². The molecule has 6 heteroatoms. The Balaban J connectivity index is 1.44. The summed E-state index contributed by atoms with van der Waals surface area (Å²) in [6.45, 7) is 4.25. The molecule has 0 spiro atoms. The van der Waals surface area contributed by atoms with E-state index < -0.39 is 6.10 Å². The van der Waals surface area contributed by atoms with Crippen molar-refractivity contribution in [3.63, 3.8) is 0 Å². The molecular weight excluding hydrogens is 364 g/mol. The van der Waals surface area contributed by atoms with Crippen LogP contribution in [0.15, 0.2) is 29.3 Å². The number of rotatable bonds is 6. The Bertz CT molecular complexity index is 939. The van der Waals surface area contributed by atoms with Crippen LogP contribution in [-0.2, 0) is 12.8 Å². The van der Waals surface area contributed by atoms with E-state index in [1.165, 1.54) is 22.2 Å². The van der Waals surface area contributed by atoms with Crippen molar-refractivity contribution in [2.24, 2.45) is 0 Å². The van der Waals surface area contributed by atoms with Crippen molar-refractivity contribution in [3.05, 3.63) is 46.1 Å². The van der Waals surface area contributed by atoms with Crippen molar-refractivity contribution >= 4 is 33.3 Å². The van der Waals surface area contributed by atoms with Gasteiger partial charge in [-0.05, 0) is 56.4 Å². The van der Waals surface area contributed by atoms with E-state index in [4.69, 9.17) is 4.74 Å². The Morgan fingerprint density at radius 2 is 2.15 bits per heavy atom. The molecule has 0 saturated heterocycles. The second-order valence-corrected chi connectivity index (χ2v) is 8.80. The van der Waals surface area contributed by atoms with Gasteiger partial charge in [0, 0.05) is 16.0 Å². The van der Waals surface area contributed by atoms with E-state index in [2.05, 4.69) is 9.97 Å². The number of hydrogen-bond donors (Lipinski definition) is 1. The minimum absolute atomic E-state index is 0.283. The molecule has 0 bridgehead atoms. The Labute approximate surface area is 161 Å². The molecule has 0 radical (unpaired) electrons. The fourth-order valence-corrected chi connectivity index (χ4v) is 5.67. The summed E-state index contributed by atoms with van der Waals surface area (Å²) < 4.78 is 5.71. The first-order valence-electron chi connectivity index (χ1n) is 8.89. The molecule has 1 aromatic carbocycles. The highest BCUT2D eigenvalue weighted by Crippen LogP contribution is 2.40. The lowest BCUT2D eigenvalue weighted by atomic mass is 10.2. The average Bonchev–Trinajstić information content (AvgIpc) is 3.18. The number of aliphatic hydroxyl groups is 1. The number of nitrogens with zero attached hydrogens (tertiary/aromatic N) is 2. The van der Waals surface area contributed by atoms with Crippen LogP contribution >= 0.6 is 23.1 Å². The van der Waals surface area contributed by atoms with Crippen molar-refractivity contribution < 1.29 is 9.84 Å². The fourth-order valence-electron chi connectivity index (χ4n) is 3.29. The Hall–Kier alpha value is -1.63.